The van der Waals surface area contributed by atoms with Crippen LogP contribution in [0.1, 0.15) is 13.8 Å². The van der Waals surface area contributed by atoms with E-state index in [0.29, 0.717) is 0 Å². The first-order valence-corrected chi connectivity index (χ1v) is 2.30. The first kappa shape index (κ1) is 7.40. The summed E-state index contributed by atoms with van der Waals surface area (Å²) in [6, 6.07) is 0. The van der Waals surface area contributed by atoms with Gasteiger partial charge in [-0.1, -0.05) is 0 Å². The third kappa shape index (κ3) is 1.48. The molecule has 0 rings (SSSR count). The van der Waals surface area contributed by atoms with Crippen LogP contribution in [0.2, 0.25) is 0 Å². The lowest BCUT2D eigenvalue weighted by molar-refractivity contribution is -0.147. The fourth-order valence-corrected chi connectivity index (χ4v) is 0.0572. The Kier molecular flexibility index (Phi) is 1.95. The molecule has 0 amide bonds. The van der Waals surface area contributed by atoms with Crippen LogP contribution in [0.5, 0.6) is 0 Å². The van der Waals surface area contributed by atoms with Crippen LogP contribution in [0.15, 0.2) is 0 Å². The van der Waals surface area contributed by atoms with Crippen molar-refractivity contribution in [2.75, 3.05) is 6.67 Å². The summed E-state index contributed by atoms with van der Waals surface area (Å²) in [6.07, 6.45) is 0. The Morgan fingerprint density at radius 2 is 2.12 bits per heavy atom. The van der Waals surface area contributed by atoms with E-state index in [9.17, 15) is 9.18 Å². The van der Waals surface area contributed by atoms with E-state index in [2.05, 4.69) is 0 Å². The Morgan fingerprint density at radius 3 is 2.12 bits per heavy atom. The number of carboxylic acids is 1. The number of alkyl halides is 1. The number of aliphatic carboxylic acids is 1. The molecular weight excluding hydrogens is 110 g/mol. The van der Waals surface area contributed by atoms with Crippen molar-refractivity contribution in [3.63, 3.8) is 0 Å². The SMILES string of the molecule is CC(C)(C[18F])C(=O)O. The van der Waals surface area contributed by atoms with Gasteiger partial charge >= 0.3 is 5.97 Å². The molecule has 0 saturated carbocycles. The average Bonchev–Trinajstić information content (AvgIpc) is 1.67. The smallest absolute Gasteiger partial charge is 0.311 e. The number of hydrogen-bond donors (Lipinski definition) is 1. The second kappa shape index (κ2) is 2.11. The van der Waals surface area contributed by atoms with E-state index >= 15 is 0 Å². The fraction of sp³-hybridized carbons (Fsp3) is 0.800. The zero-order valence-electron chi connectivity index (χ0n) is 4.94. The first-order chi connectivity index (χ1) is 3.50. The van der Waals surface area contributed by atoms with Crippen molar-refractivity contribution in [2.24, 2.45) is 5.41 Å². The van der Waals surface area contributed by atoms with E-state index in [4.69, 9.17) is 5.11 Å². The van der Waals surface area contributed by atoms with Crippen molar-refractivity contribution in [3.05, 3.63) is 0 Å². The molecule has 0 atom stereocenters. The van der Waals surface area contributed by atoms with Crippen LogP contribution in [0, 0.1) is 5.41 Å². The summed E-state index contributed by atoms with van der Waals surface area (Å²) in [5, 5.41) is 8.20. The van der Waals surface area contributed by atoms with Gasteiger partial charge in [0.15, 0.2) is 0 Å². The Labute approximate surface area is 47.3 Å². The molecule has 8 heavy (non-hydrogen) atoms. The highest BCUT2D eigenvalue weighted by molar-refractivity contribution is 5.73. The van der Waals surface area contributed by atoms with Crippen LogP contribution in [-0.2, 0) is 4.79 Å². The van der Waals surface area contributed by atoms with Crippen LogP contribution < -0.4 is 0 Å². The molecule has 0 aliphatic carbocycles. The quantitative estimate of drug-likeness (QED) is 0.590. The van der Waals surface area contributed by atoms with E-state index in [1.54, 1.807) is 0 Å². The third-order valence-corrected chi connectivity index (χ3v) is 0.913. The predicted octanol–water partition coefficient (Wildman–Crippen LogP) is 1.07. The molecule has 2 nitrogen and oxygen atoms in total. The minimum Gasteiger partial charge on any atom is -0.481 e. The normalized spacial score (nSPS) is 11.4. The molecule has 0 spiro atoms. The number of carboxylic acid groups (broad SMARTS) is 1. The molecule has 0 aromatic rings. The second-order valence-corrected chi connectivity index (χ2v) is 2.32. The molecule has 0 aromatic carbocycles. The molecule has 0 aromatic heterocycles. The molecule has 0 unspecified atom stereocenters. The van der Waals surface area contributed by atoms with Gasteiger partial charge < -0.3 is 5.11 Å². The Balaban J connectivity index is 3.91. The highest BCUT2D eigenvalue weighted by Gasteiger charge is 2.26. The summed E-state index contributed by atoms with van der Waals surface area (Å²) in [6.45, 7) is 1.87. The van der Waals surface area contributed by atoms with Gasteiger partial charge in [-0.05, 0) is 13.8 Å². The highest BCUT2D eigenvalue weighted by Crippen LogP contribution is 2.14. The molecule has 1 N–H and O–H groups in total. The van der Waals surface area contributed by atoms with Gasteiger partial charge in [-0.3, -0.25) is 4.79 Å². The number of hydrogen-bond acceptors (Lipinski definition) is 1. The zero-order valence-corrected chi connectivity index (χ0v) is 4.94. The van der Waals surface area contributed by atoms with Crippen LogP contribution >= 0.6 is 0 Å². The predicted molar refractivity (Wildman–Crippen MR) is 27.4 cm³/mol. The number of carbonyl (C=O) groups is 1. The van der Waals surface area contributed by atoms with Gasteiger partial charge in [-0.25, -0.2) is 4.39 Å². The summed E-state index contributed by atoms with van der Waals surface area (Å²) in [5.74, 6) is -1.10. The molecule has 0 radical (unpaired) electrons. The standard InChI is InChI=1S/C5H9FO2/c1-5(2,3-6)4(7)8/h3H2,1-2H3,(H,7,8)/i6-1. The van der Waals surface area contributed by atoms with Crippen LogP contribution in [-0.4, -0.2) is 17.8 Å². The van der Waals surface area contributed by atoms with E-state index < -0.39 is 18.1 Å². The second-order valence-electron chi connectivity index (χ2n) is 2.32. The highest BCUT2D eigenvalue weighted by atomic mass is 18.2. The molecule has 0 saturated heterocycles. The molecule has 0 fully saturated rings. The topological polar surface area (TPSA) is 37.3 Å². The molecule has 0 heterocycles. The molecule has 0 aliphatic heterocycles. The summed E-state index contributed by atoms with van der Waals surface area (Å²) in [7, 11) is 0. The summed E-state index contributed by atoms with van der Waals surface area (Å²) >= 11 is 0. The number of halogens is 1. The van der Waals surface area contributed by atoms with Gasteiger partial charge in [0.1, 0.15) is 6.67 Å². The van der Waals surface area contributed by atoms with E-state index in [0.717, 1.165) is 0 Å². The maximum absolute atomic E-state index is 11.6. The van der Waals surface area contributed by atoms with Crippen LogP contribution in [0.3, 0.4) is 0 Å². The maximum Gasteiger partial charge on any atom is 0.311 e. The maximum atomic E-state index is 11.6. The van der Waals surface area contributed by atoms with Gasteiger partial charge in [0.25, 0.3) is 0 Å². The fourth-order valence-electron chi connectivity index (χ4n) is 0.0572. The largest absolute Gasteiger partial charge is 0.481 e. The van der Waals surface area contributed by atoms with Gasteiger partial charge in [-0.15, -0.1) is 0 Å². The lowest BCUT2D eigenvalue weighted by Crippen LogP contribution is -2.25. The Morgan fingerprint density at radius 1 is 1.75 bits per heavy atom. The number of rotatable bonds is 2. The molecule has 3 heteroatoms. The van der Waals surface area contributed by atoms with Crippen LogP contribution in [0.25, 0.3) is 0 Å². The zero-order chi connectivity index (χ0) is 6.78. The Hall–Kier alpha value is -0.600. The minimum atomic E-state index is -1.21. The van der Waals surface area contributed by atoms with Gasteiger partial charge in [0.2, 0.25) is 0 Å². The van der Waals surface area contributed by atoms with Crippen molar-refractivity contribution in [2.45, 2.75) is 13.8 Å². The minimum absolute atomic E-state index is 0.817. The van der Waals surface area contributed by atoms with Gasteiger partial charge in [0, 0.05) is 0 Å². The summed E-state index contributed by atoms with van der Waals surface area (Å²) < 4.78 is 11.6. The van der Waals surface area contributed by atoms with Crippen molar-refractivity contribution in [3.8, 4) is 0 Å². The summed E-state index contributed by atoms with van der Waals surface area (Å²) in [5.41, 5.74) is -1.21. The molecule has 0 aliphatic rings. The van der Waals surface area contributed by atoms with Gasteiger partial charge in [-0.2, -0.15) is 0 Å². The van der Waals surface area contributed by atoms with Gasteiger partial charge in [0.05, 0.1) is 5.41 Å². The van der Waals surface area contributed by atoms with Crippen molar-refractivity contribution in [1.82, 2.24) is 0 Å². The third-order valence-electron chi connectivity index (χ3n) is 0.913. The Bertz CT molecular complexity index is 98.6. The van der Waals surface area contributed by atoms with Crippen molar-refractivity contribution in [1.29, 1.82) is 0 Å². The van der Waals surface area contributed by atoms with E-state index in [-0.39, 0.29) is 0 Å². The molecule has 48 valence electrons. The lowest BCUT2D eigenvalue weighted by atomic mass is 9.96. The van der Waals surface area contributed by atoms with Crippen molar-refractivity contribution < 1.29 is 14.3 Å². The van der Waals surface area contributed by atoms with E-state index in [1.165, 1.54) is 13.8 Å². The van der Waals surface area contributed by atoms with Crippen LogP contribution in [0.4, 0.5) is 4.39 Å². The molecule has 0 bridgehead atoms. The molecular formula is C5H9FO2. The monoisotopic (exact) mass is 119 g/mol. The first-order valence-electron chi connectivity index (χ1n) is 2.30. The van der Waals surface area contributed by atoms with E-state index in [1.807, 2.05) is 0 Å². The average molecular weight is 119 g/mol. The summed E-state index contributed by atoms with van der Waals surface area (Å²) in [4.78, 5) is 10.0. The lowest BCUT2D eigenvalue weighted by Gasteiger charge is -2.11. The van der Waals surface area contributed by atoms with Crippen molar-refractivity contribution >= 4 is 5.97 Å².